The van der Waals surface area contributed by atoms with Crippen LogP contribution in [0.5, 0.6) is 0 Å². The topological polar surface area (TPSA) is 58.2 Å². The molecule has 1 unspecified atom stereocenters. The van der Waals surface area contributed by atoms with Crippen molar-refractivity contribution >= 4 is 10.0 Å². The summed E-state index contributed by atoms with van der Waals surface area (Å²) in [5, 5.41) is 3.29. The second kappa shape index (κ2) is 9.18. The number of sulfonamides is 1. The van der Waals surface area contributed by atoms with Gasteiger partial charge in [0.2, 0.25) is 10.0 Å². The molecule has 21 heavy (non-hydrogen) atoms. The first-order valence-corrected chi connectivity index (χ1v) is 9.32. The minimum absolute atomic E-state index is 0.148. The molecule has 4 nitrogen and oxygen atoms in total. The Hall–Kier alpha value is -0.910. The van der Waals surface area contributed by atoms with Crippen LogP contribution in [0.15, 0.2) is 29.2 Å². The largest absolute Gasteiger partial charge is 0.310 e. The van der Waals surface area contributed by atoms with Gasteiger partial charge in [-0.2, -0.15) is 0 Å². The highest BCUT2D eigenvalue weighted by molar-refractivity contribution is 7.89. The van der Waals surface area contributed by atoms with Gasteiger partial charge in [-0.1, -0.05) is 45.2 Å². The molecule has 0 aliphatic rings. The van der Waals surface area contributed by atoms with E-state index < -0.39 is 10.0 Å². The molecule has 120 valence electrons. The van der Waals surface area contributed by atoms with Crippen molar-refractivity contribution in [3.05, 3.63) is 29.8 Å². The molecular formula is C16H28N2O2S. The first-order chi connectivity index (χ1) is 10.0. The molecule has 1 rings (SSSR count). The number of nitrogens with one attached hydrogen (secondary N) is 2. The van der Waals surface area contributed by atoms with E-state index in [2.05, 4.69) is 17.0 Å². The van der Waals surface area contributed by atoms with Gasteiger partial charge in [0.25, 0.3) is 0 Å². The van der Waals surface area contributed by atoms with E-state index in [1.807, 2.05) is 19.9 Å². The summed E-state index contributed by atoms with van der Waals surface area (Å²) in [5.41, 5.74) is 0.991. The Bertz CT molecular complexity index is 515. The van der Waals surface area contributed by atoms with Crippen LogP contribution in [0.2, 0.25) is 0 Å². The zero-order valence-corrected chi connectivity index (χ0v) is 14.2. The Kier molecular flexibility index (Phi) is 7.93. The van der Waals surface area contributed by atoms with E-state index in [4.69, 9.17) is 0 Å². The highest BCUT2D eigenvalue weighted by atomic mass is 32.2. The molecule has 1 aromatic rings. The number of hydrogen-bond donors (Lipinski definition) is 2. The number of benzene rings is 1. The molecule has 1 aromatic carbocycles. The van der Waals surface area contributed by atoms with Crippen LogP contribution in [-0.2, 0) is 10.0 Å². The molecule has 0 amide bonds. The molecule has 0 aromatic heterocycles. The second-order valence-electron chi connectivity index (χ2n) is 5.31. The lowest BCUT2D eigenvalue weighted by Crippen LogP contribution is -2.25. The van der Waals surface area contributed by atoms with Gasteiger partial charge in [-0.25, -0.2) is 13.1 Å². The van der Waals surface area contributed by atoms with Crippen LogP contribution < -0.4 is 10.0 Å². The van der Waals surface area contributed by atoms with E-state index in [9.17, 15) is 8.42 Å². The Morgan fingerprint density at radius 3 is 2.57 bits per heavy atom. The van der Waals surface area contributed by atoms with E-state index in [0.717, 1.165) is 37.8 Å². The molecule has 2 N–H and O–H groups in total. The van der Waals surface area contributed by atoms with Crippen LogP contribution in [0.1, 0.15) is 58.1 Å². The fourth-order valence-corrected chi connectivity index (χ4v) is 3.35. The smallest absolute Gasteiger partial charge is 0.240 e. The summed E-state index contributed by atoms with van der Waals surface area (Å²) in [6.45, 7) is 7.58. The molecule has 0 fully saturated rings. The van der Waals surface area contributed by atoms with Crippen molar-refractivity contribution in [2.75, 3.05) is 13.1 Å². The van der Waals surface area contributed by atoms with Gasteiger partial charge in [0.1, 0.15) is 0 Å². The van der Waals surface area contributed by atoms with E-state index >= 15 is 0 Å². The third-order valence-electron chi connectivity index (χ3n) is 3.50. The molecule has 0 aliphatic heterocycles. The molecular weight excluding hydrogens is 284 g/mol. The van der Waals surface area contributed by atoms with Crippen molar-refractivity contribution < 1.29 is 8.42 Å². The van der Waals surface area contributed by atoms with Gasteiger partial charge in [0, 0.05) is 12.6 Å². The maximum Gasteiger partial charge on any atom is 0.240 e. The zero-order chi connectivity index (χ0) is 15.7. The lowest BCUT2D eigenvalue weighted by molar-refractivity contribution is 0.572. The summed E-state index contributed by atoms with van der Waals surface area (Å²) in [6.07, 6.45) is 4.26. The number of unbranched alkanes of at least 4 members (excludes halogenated alkanes) is 3. The van der Waals surface area contributed by atoms with E-state index in [1.54, 1.807) is 18.2 Å². The monoisotopic (exact) mass is 312 g/mol. The van der Waals surface area contributed by atoms with Crippen molar-refractivity contribution in [1.82, 2.24) is 10.0 Å². The van der Waals surface area contributed by atoms with Crippen molar-refractivity contribution in [2.45, 2.75) is 57.4 Å². The van der Waals surface area contributed by atoms with Gasteiger partial charge in [-0.3, -0.25) is 0 Å². The maximum atomic E-state index is 12.3. The Balaban J connectivity index is 2.68. The summed E-state index contributed by atoms with van der Waals surface area (Å²) < 4.78 is 27.2. The molecule has 0 bridgehead atoms. The van der Waals surface area contributed by atoms with E-state index in [-0.39, 0.29) is 6.04 Å². The molecule has 0 heterocycles. The molecule has 0 saturated heterocycles. The van der Waals surface area contributed by atoms with Crippen molar-refractivity contribution in [3.8, 4) is 0 Å². The van der Waals surface area contributed by atoms with Gasteiger partial charge in [-0.05, 0) is 37.6 Å². The zero-order valence-electron chi connectivity index (χ0n) is 13.4. The maximum absolute atomic E-state index is 12.3. The summed E-state index contributed by atoms with van der Waals surface area (Å²) in [5.74, 6) is 0. The lowest BCUT2D eigenvalue weighted by Gasteiger charge is -2.14. The van der Waals surface area contributed by atoms with Gasteiger partial charge in [0.15, 0.2) is 0 Å². The summed E-state index contributed by atoms with van der Waals surface area (Å²) in [7, 11) is -3.40. The van der Waals surface area contributed by atoms with Gasteiger partial charge in [0.05, 0.1) is 4.90 Å². The summed E-state index contributed by atoms with van der Waals surface area (Å²) in [6, 6.07) is 7.30. The normalized spacial score (nSPS) is 13.3. The van der Waals surface area contributed by atoms with Gasteiger partial charge in [-0.15, -0.1) is 0 Å². The lowest BCUT2D eigenvalue weighted by atomic mass is 10.1. The van der Waals surface area contributed by atoms with Gasteiger partial charge >= 0.3 is 0 Å². The summed E-state index contributed by atoms with van der Waals surface area (Å²) >= 11 is 0. The number of rotatable bonds is 10. The standard InChI is InChI=1S/C16H28N2O2S/c1-4-6-7-8-12-18-21(19,20)16-11-9-10-15(13-16)14(3)17-5-2/h9-11,13-14,17-18H,4-8,12H2,1-3H3. The Morgan fingerprint density at radius 2 is 1.90 bits per heavy atom. The van der Waals surface area contributed by atoms with Crippen LogP contribution >= 0.6 is 0 Å². The predicted molar refractivity (Wildman–Crippen MR) is 87.9 cm³/mol. The van der Waals surface area contributed by atoms with Crippen LogP contribution in [0.4, 0.5) is 0 Å². The first-order valence-electron chi connectivity index (χ1n) is 7.84. The fourth-order valence-electron chi connectivity index (χ4n) is 2.22. The van der Waals surface area contributed by atoms with E-state index in [0.29, 0.717) is 11.4 Å². The first kappa shape index (κ1) is 18.1. The second-order valence-corrected chi connectivity index (χ2v) is 7.08. The molecule has 1 atom stereocenters. The van der Waals surface area contributed by atoms with E-state index in [1.165, 1.54) is 0 Å². The van der Waals surface area contributed by atoms with Crippen molar-refractivity contribution in [2.24, 2.45) is 0 Å². The minimum atomic E-state index is -3.40. The van der Waals surface area contributed by atoms with Crippen LogP contribution in [0.25, 0.3) is 0 Å². The predicted octanol–water partition coefficient (Wildman–Crippen LogP) is 3.22. The SMILES string of the molecule is CCCCCCNS(=O)(=O)c1cccc(C(C)NCC)c1. The molecule has 0 radical (unpaired) electrons. The molecule has 5 heteroatoms. The molecule has 0 saturated carbocycles. The Labute approximate surface area is 129 Å². The van der Waals surface area contributed by atoms with Gasteiger partial charge < -0.3 is 5.32 Å². The Morgan fingerprint density at radius 1 is 1.14 bits per heavy atom. The molecule has 0 spiro atoms. The quantitative estimate of drug-likeness (QED) is 0.652. The highest BCUT2D eigenvalue weighted by Crippen LogP contribution is 2.17. The third-order valence-corrected chi connectivity index (χ3v) is 4.96. The fraction of sp³-hybridized carbons (Fsp3) is 0.625. The average Bonchev–Trinajstić information content (AvgIpc) is 2.47. The summed E-state index contributed by atoms with van der Waals surface area (Å²) in [4.78, 5) is 0.347. The van der Waals surface area contributed by atoms with Crippen molar-refractivity contribution in [3.63, 3.8) is 0 Å². The van der Waals surface area contributed by atoms with Crippen LogP contribution in [0.3, 0.4) is 0 Å². The van der Waals surface area contributed by atoms with Crippen LogP contribution in [-0.4, -0.2) is 21.5 Å². The molecule has 0 aliphatic carbocycles. The highest BCUT2D eigenvalue weighted by Gasteiger charge is 2.15. The average molecular weight is 312 g/mol. The number of hydrogen-bond acceptors (Lipinski definition) is 3. The minimum Gasteiger partial charge on any atom is -0.310 e. The third kappa shape index (κ3) is 6.16. The van der Waals surface area contributed by atoms with Crippen molar-refractivity contribution in [1.29, 1.82) is 0 Å². The van der Waals surface area contributed by atoms with Crippen LogP contribution in [0, 0.1) is 0 Å².